The van der Waals surface area contributed by atoms with Gasteiger partial charge in [-0.2, -0.15) is 0 Å². The molecule has 1 aliphatic carbocycles. The summed E-state index contributed by atoms with van der Waals surface area (Å²) in [6.07, 6.45) is 14.0. The molecule has 0 saturated carbocycles. The van der Waals surface area contributed by atoms with E-state index in [1.165, 1.54) is 36.8 Å². The van der Waals surface area contributed by atoms with Crippen molar-refractivity contribution < 1.29 is 20.1 Å². The van der Waals surface area contributed by atoms with E-state index in [1.807, 2.05) is 24.3 Å². The van der Waals surface area contributed by atoms with E-state index in [2.05, 4.69) is 81.2 Å². The first-order chi connectivity index (χ1) is 14.6. The molecular formula is C27H36IrN3-. The minimum Gasteiger partial charge on any atom is -0.426 e. The third-order valence-corrected chi connectivity index (χ3v) is 4.91. The van der Waals surface area contributed by atoms with Crippen LogP contribution in [0.15, 0.2) is 77.8 Å². The van der Waals surface area contributed by atoms with Gasteiger partial charge < -0.3 is 15.2 Å². The normalized spacial score (nSPS) is 15.3. The molecule has 0 fully saturated rings. The fraction of sp³-hybridized carbons (Fsp3) is 0.370. The second-order valence-electron chi connectivity index (χ2n) is 7.46. The molecule has 0 heterocycles. The molecule has 0 aromatic heterocycles. The van der Waals surface area contributed by atoms with Crippen LogP contribution >= 0.6 is 0 Å². The van der Waals surface area contributed by atoms with Crippen molar-refractivity contribution in [3.05, 3.63) is 89.3 Å². The monoisotopic (exact) mass is 595 g/mol. The van der Waals surface area contributed by atoms with Gasteiger partial charge in [-0.15, -0.1) is 0 Å². The molecule has 0 amide bonds. The van der Waals surface area contributed by atoms with Crippen molar-refractivity contribution in [2.45, 2.75) is 53.4 Å². The quantitative estimate of drug-likeness (QED) is 0.200. The molecule has 0 bridgehead atoms. The summed E-state index contributed by atoms with van der Waals surface area (Å²) in [6, 6.07) is 16.4. The molecule has 0 unspecified atom stereocenters. The SMILES string of the molecule is C1=C\CC/C=C\CC/1.CCN(CC)C(=Nc1ccc(C)cc1)[N-]c1ccc(C)cc1.[Ir]. The van der Waals surface area contributed by atoms with E-state index in [-0.39, 0.29) is 20.1 Å². The fourth-order valence-corrected chi connectivity index (χ4v) is 3.00. The summed E-state index contributed by atoms with van der Waals surface area (Å²) in [7, 11) is 0. The number of aryl methyl sites for hydroxylation is 2. The second kappa shape index (κ2) is 15.6. The van der Waals surface area contributed by atoms with Crippen molar-refractivity contribution in [3.63, 3.8) is 0 Å². The average Bonchev–Trinajstić information content (AvgIpc) is 2.72. The Morgan fingerprint density at radius 3 is 1.58 bits per heavy atom. The standard InChI is InChI=1S/C19H24N3.C8H12.Ir/c1-5-22(6-2)19(20-17-11-7-15(3)8-12-17)21-18-13-9-16(4)10-14-18;1-2-4-6-8-7-5-3-1;/h7-14H,5-6H2,1-4H3;1-2,7-8H,3-6H2;/q-1;;/b;2-1-,8-7-;. The van der Waals surface area contributed by atoms with Crippen molar-refractivity contribution in [1.82, 2.24) is 4.90 Å². The molecule has 1 aliphatic rings. The van der Waals surface area contributed by atoms with E-state index < -0.39 is 0 Å². The van der Waals surface area contributed by atoms with Gasteiger partial charge in [0.15, 0.2) is 0 Å². The average molecular weight is 595 g/mol. The van der Waals surface area contributed by atoms with Crippen LogP contribution < -0.4 is 0 Å². The van der Waals surface area contributed by atoms with Crippen molar-refractivity contribution in [2.75, 3.05) is 13.1 Å². The van der Waals surface area contributed by atoms with Gasteiger partial charge in [0.1, 0.15) is 0 Å². The smallest absolute Gasteiger partial charge is 0.0185 e. The summed E-state index contributed by atoms with van der Waals surface area (Å²) in [5.41, 5.74) is 4.34. The van der Waals surface area contributed by atoms with E-state index in [0.717, 1.165) is 30.4 Å². The molecule has 0 atom stereocenters. The Hall–Kier alpha value is -2.16. The first-order valence-electron chi connectivity index (χ1n) is 11.1. The number of hydrogen-bond donors (Lipinski definition) is 0. The van der Waals surface area contributed by atoms with Crippen LogP contribution in [0.5, 0.6) is 0 Å². The first kappa shape index (κ1) is 26.9. The maximum absolute atomic E-state index is 4.74. The number of allylic oxidation sites excluding steroid dienone is 4. The molecule has 0 spiro atoms. The van der Waals surface area contributed by atoms with Gasteiger partial charge in [-0.25, -0.2) is 0 Å². The van der Waals surface area contributed by atoms with E-state index >= 15 is 0 Å². The Kier molecular flexibility index (Phi) is 13.5. The maximum atomic E-state index is 4.74. The van der Waals surface area contributed by atoms with Gasteiger partial charge >= 0.3 is 0 Å². The number of rotatable bonds is 4. The Balaban J connectivity index is 0.000000450. The minimum absolute atomic E-state index is 0. The fourth-order valence-electron chi connectivity index (χ4n) is 3.00. The Morgan fingerprint density at radius 1 is 0.742 bits per heavy atom. The van der Waals surface area contributed by atoms with E-state index in [0.29, 0.717) is 0 Å². The van der Waals surface area contributed by atoms with Gasteiger partial charge in [0.05, 0.1) is 0 Å². The maximum Gasteiger partial charge on any atom is 0.0185 e. The van der Waals surface area contributed by atoms with Gasteiger partial charge in [-0.3, -0.25) is 0 Å². The van der Waals surface area contributed by atoms with Crippen molar-refractivity contribution in [2.24, 2.45) is 4.99 Å². The Bertz CT molecular complexity index is 791. The molecule has 4 heteroatoms. The van der Waals surface area contributed by atoms with Gasteiger partial charge in [-0.05, 0) is 64.0 Å². The predicted molar refractivity (Wildman–Crippen MR) is 132 cm³/mol. The molecule has 2 aromatic carbocycles. The van der Waals surface area contributed by atoms with Crippen LogP contribution in [0.2, 0.25) is 0 Å². The molecule has 31 heavy (non-hydrogen) atoms. The summed E-state index contributed by atoms with van der Waals surface area (Å²) < 4.78 is 0. The molecular weight excluding hydrogens is 559 g/mol. The van der Waals surface area contributed by atoms with E-state index in [1.54, 1.807) is 0 Å². The van der Waals surface area contributed by atoms with Gasteiger partial charge in [0.2, 0.25) is 0 Å². The zero-order valence-electron chi connectivity index (χ0n) is 19.3. The predicted octanol–water partition coefficient (Wildman–Crippen LogP) is 8.01. The van der Waals surface area contributed by atoms with Crippen molar-refractivity contribution >= 4 is 17.3 Å². The van der Waals surface area contributed by atoms with Crippen LogP contribution in [0.4, 0.5) is 11.4 Å². The van der Waals surface area contributed by atoms with Crippen LogP contribution in [0.25, 0.3) is 5.32 Å². The Morgan fingerprint density at radius 2 is 1.16 bits per heavy atom. The molecule has 1 radical (unpaired) electrons. The topological polar surface area (TPSA) is 29.7 Å². The van der Waals surface area contributed by atoms with E-state index in [4.69, 9.17) is 10.3 Å². The minimum atomic E-state index is 0. The molecule has 0 aliphatic heterocycles. The van der Waals surface area contributed by atoms with Crippen LogP contribution in [-0.2, 0) is 20.1 Å². The third-order valence-electron chi connectivity index (χ3n) is 4.91. The van der Waals surface area contributed by atoms with Crippen LogP contribution in [0.1, 0.15) is 50.7 Å². The number of guanidine groups is 1. The molecule has 0 saturated heterocycles. The van der Waals surface area contributed by atoms with Crippen LogP contribution in [0.3, 0.4) is 0 Å². The van der Waals surface area contributed by atoms with Gasteiger partial charge in [-0.1, -0.05) is 97.8 Å². The zero-order valence-corrected chi connectivity index (χ0v) is 21.7. The first-order valence-corrected chi connectivity index (χ1v) is 11.1. The molecule has 169 valence electrons. The number of benzene rings is 2. The van der Waals surface area contributed by atoms with Crippen LogP contribution in [-0.4, -0.2) is 23.9 Å². The van der Waals surface area contributed by atoms with Gasteiger partial charge in [0.25, 0.3) is 0 Å². The summed E-state index contributed by atoms with van der Waals surface area (Å²) in [6.45, 7) is 10.2. The van der Waals surface area contributed by atoms with Gasteiger partial charge in [0, 0.05) is 26.1 Å². The van der Waals surface area contributed by atoms with E-state index in [9.17, 15) is 0 Å². The second-order valence-corrected chi connectivity index (χ2v) is 7.46. The Labute approximate surface area is 202 Å². The number of aliphatic imine (C=N–C) groups is 1. The molecule has 3 rings (SSSR count). The third kappa shape index (κ3) is 10.6. The largest absolute Gasteiger partial charge is 0.426 e. The molecule has 2 aromatic rings. The van der Waals surface area contributed by atoms with Crippen molar-refractivity contribution in [1.29, 1.82) is 0 Å². The summed E-state index contributed by atoms with van der Waals surface area (Å²) in [4.78, 5) is 6.90. The summed E-state index contributed by atoms with van der Waals surface area (Å²) in [5.74, 6) is 0.762. The summed E-state index contributed by atoms with van der Waals surface area (Å²) >= 11 is 0. The molecule has 3 nitrogen and oxygen atoms in total. The number of hydrogen-bond acceptors (Lipinski definition) is 1. The number of nitrogens with zero attached hydrogens (tertiary/aromatic N) is 3. The van der Waals surface area contributed by atoms with Crippen molar-refractivity contribution in [3.8, 4) is 0 Å². The summed E-state index contributed by atoms with van der Waals surface area (Å²) in [5, 5.41) is 4.74. The zero-order chi connectivity index (χ0) is 21.6. The molecule has 0 N–H and O–H groups in total. The van der Waals surface area contributed by atoms with Crippen LogP contribution in [0, 0.1) is 13.8 Å².